The van der Waals surface area contributed by atoms with Crippen LogP contribution in [0.1, 0.15) is 24.0 Å². The molecule has 0 bridgehead atoms. The molecular formula is C15H14ClN3OS2. The summed E-state index contributed by atoms with van der Waals surface area (Å²) >= 11 is 9.17. The molecule has 0 unspecified atom stereocenters. The van der Waals surface area contributed by atoms with Crippen molar-refractivity contribution in [3.05, 3.63) is 45.4 Å². The summed E-state index contributed by atoms with van der Waals surface area (Å²) in [5.41, 5.74) is 1.88. The Labute approximate surface area is 141 Å². The molecule has 3 aromatic rings. The number of rotatable bonds is 6. The van der Waals surface area contributed by atoms with Gasteiger partial charge in [-0.15, -0.1) is 21.5 Å². The molecule has 0 saturated heterocycles. The molecule has 114 valence electrons. The molecule has 0 N–H and O–H groups in total. The summed E-state index contributed by atoms with van der Waals surface area (Å²) in [5, 5.41) is 12.6. The molecule has 0 aliphatic carbocycles. The van der Waals surface area contributed by atoms with Gasteiger partial charge in [0, 0.05) is 21.7 Å². The zero-order valence-corrected chi connectivity index (χ0v) is 14.3. The average molecular weight is 352 g/mol. The molecule has 2 aromatic heterocycles. The molecule has 3 rings (SSSR count). The van der Waals surface area contributed by atoms with Crippen LogP contribution in [0, 0.1) is 0 Å². The normalized spacial score (nSPS) is 11.0. The van der Waals surface area contributed by atoms with E-state index >= 15 is 0 Å². The summed E-state index contributed by atoms with van der Waals surface area (Å²) in [4.78, 5) is 4.58. The number of aryl methyl sites for hydroxylation is 1. The van der Waals surface area contributed by atoms with Crippen molar-refractivity contribution in [2.75, 3.05) is 0 Å². The van der Waals surface area contributed by atoms with Gasteiger partial charge in [0.05, 0.1) is 10.7 Å². The first-order chi connectivity index (χ1) is 10.7. The summed E-state index contributed by atoms with van der Waals surface area (Å²) in [7, 11) is 0. The zero-order valence-electron chi connectivity index (χ0n) is 12.0. The van der Waals surface area contributed by atoms with E-state index < -0.39 is 0 Å². The van der Waals surface area contributed by atoms with Gasteiger partial charge < -0.3 is 4.42 Å². The van der Waals surface area contributed by atoms with Gasteiger partial charge in [-0.2, -0.15) is 0 Å². The lowest BCUT2D eigenvalue weighted by molar-refractivity contribution is 0.466. The first kappa shape index (κ1) is 15.5. The fourth-order valence-electron chi connectivity index (χ4n) is 1.89. The number of nitrogens with zero attached hydrogens (tertiary/aromatic N) is 3. The molecule has 0 amide bonds. The van der Waals surface area contributed by atoms with Crippen LogP contribution in [0.3, 0.4) is 0 Å². The third kappa shape index (κ3) is 3.88. The van der Waals surface area contributed by atoms with E-state index in [1.54, 1.807) is 17.4 Å². The van der Waals surface area contributed by atoms with Crippen molar-refractivity contribution < 1.29 is 4.42 Å². The SMILES string of the molecule is CCCc1nc(CSc2nnc(-c3cccc(Cl)c3)o2)cs1. The molecule has 7 heteroatoms. The van der Waals surface area contributed by atoms with Gasteiger partial charge in [0.15, 0.2) is 0 Å². The van der Waals surface area contributed by atoms with E-state index in [1.165, 1.54) is 16.8 Å². The minimum atomic E-state index is 0.481. The lowest BCUT2D eigenvalue weighted by Gasteiger charge is -1.95. The number of thiazole rings is 1. The van der Waals surface area contributed by atoms with Gasteiger partial charge in [0.25, 0.3) is 5.22 Å². The fraction of sp³-hybridized carbons (Fsp3) is 0.267. The van der Waals surface area contributed by atoms with Gasteiger partial charge in [-0.3, -0.25) is 0 Å². The topological polar surface area (TPSA) is 51.8 Å². The Kier molecular flexibility index (Phi) is 5.12. The van der Waals surface area contributed by atoms with Gasteiger partial charge >= 0.3 is 0 Å². The maximum Gasteiger partial charge on any atom is 0.277 e. The Balaban J connectivity index is 1.64. The molecule has 1 aromatic carbocycles. The van der Waals surface area contributed by atoms with E-state index in [0.717, 1.165) is 29.9 Å². The van der Waals surface area contributed by atoms with Gasteiger partial charge in [0.2, 0.25) is 5.89 Å². The van der Waals surface area contributed by atoms with Gasteiger partial charge in [-0.25, -0.2) is 4.98 Å². The zero-order chi connectivity index (χ0) is 15.4. The van der Waals surface area contributed by atoms with E-state index in [0.29, 0.717) is 16.1 Å². The van der Waals surface area contributed by atoms with Crippen molar-refractivity contribution in [1.29, 1.82) is 0 Å². The Morgan fingerprint density at radius 2 is 2.23 bits per heavy atom. The van der Waals surface area contributed by atoms with E-state index in [9.17, 15) is 0 Å². The Bertz CT molecular complexity index is 757. The van der Waals surface area contributed by atoms with Gasteiger partial charge in [-0.05, 0) is 31.0 Å². The third-order valence-corrected chi connectivity index (χ3v) is 4.93. The molecular weight excluding hydrogens is 338 g/mol. The van der Waals surface area contributed by atoms with Crippen molar-refractivity contribution in [2.24, 2.45) is 0 Å². The highest BCUT2D eigenvalue weighted by atomic mass is 35.5. The van der Waals surface area contributed by atoms with Crippen LogP contribution >= 0.6 is 34.7 Å². The minimum absolute atomic E-state index is 0.481. The van der Waals surface area contributed by atoms with Crippen LogP contribution in [-0.4, -0.2) is 15.2 Å². The van der Waals surface area contributed by atoms with E-state index in [1.807, 2.05) is 18.2 Å². The number of hydrogen-bond donors (Lipinski definition) is 0. The second kappa shape index (κ2) is 7.26. The molecule has 0 aliphatic rings. The van der Waals surface area contributed by atoms with E-state index in [4.69, 9.17) is 16.0 Å². The van der Waals surface area contributed by atoms with Crippen LogP contribution in [-0.2, 0) is 12.2 Å². The Morgan fingerprint density at radius 1 is 1.32 bits per heavy atom. The smallest absolute Gasteiger partial charge is 0.277 e. The molecule has 0 aliphatic heterocycles. The van der Waals surface area contributed by atoms with Crippen LogP contribution in [0.5, 0.6) is 0 Å². The lowest BCUT2D eigenvalue weighted by atomic mass is 10.2. The monoisotopic (exact) mass is 351 g/mol. The first-order valence-corrected chi connectivity index (χ1v) is 9.14. The van der Waals surface area contributed by atoms with Crippen molar-refractivity contribution in [2.45, 2.75) is 30.7 Å². The maximum absolute atomic E-state index is 5.97. The van der Waals surface area contributed by atoms with E-state index in [2.05, 4.69) is 27.5 Å². The maximum atomic E-state index is 5.97. The lowest BCUT2D eigenvalue weighted by Crippen LogP contribution is -1.84. The van der Waals surface area contributed by atoms with Crippen LogP contribution in [0.2, 0.25) is 5.02 Å². The van der Waals surface area contributed by atoms with Crippen molar-refractivity contribution >= 4 is 34.7 Å². The minimum Gasteiger partial charge on any atom is -0.411 e. The molecule has 22 heavy (non-hydrogen) atoms. The number of benzene rings is 1. The highest BCUT2D eigenvalue weighted by Crippen LogP contribution is 2.27. The number of thioether (sulfide) groups is 1. The molecule has 2 heterocycles. The summed E-state index contributed by atoms with van der Waals surface area (Å²) in [5.74, 6) is 1.21. The largest absolute Gasteiger partial charge is 0.411 e. The third-order valence-electron chi connectivity index (χ3n) is 2.88. The van der Waals surface area contributed by atoms with Crippen molar-refractivity contribution in [3.8, 4) is 11.5 Å². The first-order valence-electron chi connectivity index (χ1n) is 6.90. The summed E-state index contributed by atoms with van der Waals surface area (Å²) < 4.78 is 5.66. The second-order valence-corrected chi connectivity index (χ2v) is 6.96. The van der Waals surface area contributed by atoms with Crippen LogP contribution in [0.15, 0.2) is 39.3 Å². The summed E-state index contributed by atoms with van der Waals surface area (Å²) in [6, 6.07) is 7.37. The molecule has 0 spiro atoms. The average Bonchev–Trinajstić information content (AvgIpc) is 3.15. The highest BCUT2D eigenvalue weighted by Gasteiger charge is 2.10. The number of aromatic nitrogens is 3. The Morgan fingerprint density at radius 3 is 3.05 bits per heavy atom. The summed E-state index contributed by atoms with van der Waals surface area (Å²) in [6.45, 7) is 2.16. The molecule has 0 fully saturated rings. The molecule has 0 atom stereocenters. The van der Waals surface area contributed by atoms with Crippen molar-refractivity contribution in [3.63, 3.8) is 0 Å². The van der Waals surface area contributed by atoms with Crippen molar-refractivity contribution in [1.82, 2.24) is 15.2 Å². The van der Waals surface area contributed by atoms with Gasteiger partial charge in [-0.1, -0.05) is 36.4 Å². The predicted molar refractivity (Wildman–Crippen MR) is 90.4 cm³/mol. The number of hydrogen-bond acceptors (Lipinski definition) is 6. The Hall–Kier alpha value is -1.37. The fourth-order valence-corrected chi connectivity index (χ4v) is 3.74. The molecule has 0 radical (unpaired) electrons. The second-order valence-electron chi connectivity index (χ2n) is 4.65. The molecule has 0 saturated carbocycles. The standard InChI is InChI=1S/C15H14ClN3OS2/c1-2-4-13-17-12(8-21-13)9-22-15-19-18-14(20-15)10-5-3-6-11(16)7-10/h3,5-8H,2,4,9H2,1H3. The molecule has 4 nitrogen and oxygen atoms in total. The number of halogens is 1. The van der Waals surface area contributed by atoms with Gasteiger partial charge in [0.1, 0.15) is 0 Å². The quantitative estimate of drug-likeness (QED) is 0.579. The summed E-state index contributed by atoms with van der Waals surface area (Å²) in [6.07, 6.45) is 2.15. The highest BCUT2D eigenvalue weighted by molar-refractivity contribution is 7.98. The van der Waals surface area contributed by atoms with Crippen LogP contribution in [0.25, 0.3) is 11.5 Å². The predicted octanol–water partition coefficient (Wildman–Crippen LogP) is 5.09. The van der Waals surface area contributed by atoms with Crippen LogP contribution < -0.4 is 0 Å². The van der Waals surface area contributed by atoms with E-state index in [-0.39, 0.29) is 0 Å². The van der Waals surface area contributed by atoms with Crippen LogP contribution in [0.4, 0.5) is 0 Å².